The van der Waals surface area contributed by atoms with Crippen molar-refractivity contribution in [3.8, 4) is 11.8 Å². The topological polar surface area (TPSA) is 45.0 Å². The largest absolute Gasteiger partial charge is 0.434 e. The second-order valence-corrected chi connectivity index (χ2v) is 3.65. The highest BCUT2D eigenvalue weighted by molar-refractivity contribution is 6.30. The van der Waals surface area contributed by atoms with E-state index >= 15 is 0 Å². The molecule has 0 spiro atoms. The summed E-state index contributed by atoms with van der Waals surface area (Å²) in [5, 5.41) is 11.7. The van der Waals surface area contributed by atoms with Crippen LogP contribution in [-0.4, -0.2) is 13.2 Å². The molecule has 0 saturated heterocycles. The number of nitrogens with one attached hydrogen (secondary N) is 1. The fourth-order valence-corrected chi connectivity index (χ4v) is 1.46. The van der Waals surface area contributed by atoms with Crippen LogP contribution in [0.4, 0.5) is 8.78 Å². The lowest BCUT2D eigenvalue weighted by atomic mass is 10.2. The minimum atomic E-state index is -2.87. The van der Waals surface area contributed by atoms with Gasteiger partial charge in [-0.15, -0.1) is 0 Å². The number of benzene rings is 1. The van der Waals surface area contributed by atoms with Gasteiger partial charge in [0.2, 0.25) is 0 Å². The van der Waals surface area contributed by atoms with E-state index < -0.39 is 6.61 Å². The summed E-state index contributed by atoms with van der Waals surface area (Å²) in [6.07, 6.45) is 0.353. The van der Waals surface area contributed by atoms with E-state index in [0.29, 0.717) is 30.1 Å². The number of hydrogen-bond acceptors (Lipinski definition) is 3. The van der Waals surface area contributed by atoms with Crippen molar-refractivity contribution in [2.45, 2.75) is 19.6 Å². The van der Waals surface area contributed by atoms with E-state index in [2.05, 4.69) is 10.1 Å². The lowest BCUT2D eigenvalue weighted by Gasteiger charge is -2.11. The lowest BCUT2D eigenvalue weighted by molar-refractivity contribution is -0.0504. The van der Waals surface area contributed by atoms with Crippen LogP contribution in [0.1, 0.15) is 12.0 Å². The SMILES string of the molecule is N#CCCNCc1cc(Cl)ccc1OC(F)F. The molecule has 0 aliphatic carbocycles. The molecule has 1 aromatic carbocycles. The van der Waals surface area contributed by atoms with Gasteiger partial charge in [0, 0.05) is 30.1 Å². The highest BCUT2D eigenvalue weighted by Crippen LogP contribution is 2.24. The van der Waals surface area contributed by atoms with Crippen molar-refractivity contribution in [2.24, 2.45) is 0 Å². The minimum Gasteiger partial charge on any atom is -0.434 e. The normalized spacial score (nSPS) is 10.3. The molecular formula is C11H11ClF2N2O. The first-order valence-electron chi connectivity index (χ1n) is 4.94. The van der Waals surface area contributed by atoms with Gasteiger partial charge in [-0.25, -0.2) is 0 Å². The third kappa shape index (κ3) is 4.98. The number of rotatable bonds is 6. The molecule has 0 radical (unpaired) electrons. The fraction of sp³-hybridized carbons (Fsp3) is 0.364. The molecule has 3 nitrogen and oxygen atoms in total. The third-order valence-electron chi connectivity index (χ3n) is 1.97. The molecule has 1 rings (SSSR count). The zero-order valence-electron chi connectivity index (χ0n) is 8.92. The Bertz CT molecular complexity index is 407. The Morgan fingerprint density at radius 2 is 2.24 bits per heavy atom. The molecule has 0 fully saturated rings. The molecule has 0 heterocycles. The lowest BCUT2D eigenvalue weighted by Crippen LogP contribution is -2.15. The molecule has 0 amide bonds. The molecule has 0 aliphatic rings. The number of nitrogens with zero attached hydrogens (tertiary/aromatic N) is 1. The van der Waals surface area contributed by atoms with Gasteiger partial charge in [-0.2, -0.15) is 14.0 Å². The average molecular weight is 261 g/mol. The Balaban J connectivity index is 2.66. The molecule has 0 bridgehead atoms. The molecule has 6 heteroatoms. The summed E-state index contributed by atoms with van der Waals surface area (Å²) < 4.78 is 28.6. The maximum Gasteiger partial charge on any atom is 0.387 e. The van der Waals surface area contributed by atoms with Gasteiger partial charge in [0.25, 0.3) is 0 Å². The van der Waals surface area contributed by atoms with Crippen molar-refractivity contribution in [1.29, 1.82) is 5.26 Å². The molecule has 0 aliphatic heterocycles. The number of ether oxygens (including phenoxy) is 1. The van der Waals surface area contributed by atoms with Crippen LogP contribution >= 0.6 is 11.6 Å². The predicted molar refractivity (Wildman–Crippen MR) is 60.0 cm³/mol. The molecule has 17 heavy (non-hydrogen) atoms. The average Bonchev–Trinajstić information content (AvgIpc) is 2.27. The monoisotopic (exact) mass is 260 g/mol. The van der Waals surface area contributed by atoms with E-state index in [1.807, 2.05) is 6.07 Å². The molecule has 0 saturated carbocycles. The Hall–Kier alpha value is -1.38. The summed E-state index contributed by atoms with van der Waals surface area (Å²) in [4.78, 5) is 0. The van der Waals surface area contributed by atoms with Crippen molar-refractivity contribution in [1.82, 2.24) is 5.32 Å². The van der Waals surface area contributed by atoms with Gasteiger partial charge < -0.3 is 10.1 Å². The maximum atomic E-state index is 12.1. The predicted octanol–water partition coefficient (Wildman–Crippen LogP) is 2.94. The van der Waals surface area contributed by atoms with Gasteiger partial charge in [-0.1, -0.05) is 11.6 Å². The number of alkyl halides is 2. The van der Waals surface area contributed by atoms with Crippen LogP contribution in [0.25, 0.3) is 0 Å². The van der Waals surface area contributed by atoms with Crippen molar-refractivity contribution in [3.63, 3.8) is 0 Å². The zero-order chi connectivity index (χ0) is 12.7. The summed E-state index contributed by atoms with van der Waals surface area (Å²) in [5.74, 6) is 0.0915. The van der Waals surface area contributed by atoms with Gasteiger partial charge >= 0.3 is 6.61 Å². The van der Waals surface area contributed by atoms with E-state index in [4.69, 9.17) is 16.9 Å². The molecular weight excluding hydrogens is 250 g/mol. The number of nitriles is 1. The van der Waals surface area contributed by atoms with E-state index in [1.54, 1.807) is 6.07 Å². The smallest absolute Gasteiger partial charge is 0.387 e. The highest BCUT2D eigenvalue weighted by Gasteiger charge is 2.09. The van der Waals surface area contributed by atoms with Crippen molar-refractivity contribution < 1.29 is 13.5 Å². The summed E-state index contributed by atoms with van der Waals surface area (Å²) in [5.41, 5.74) is 0.538. The first-order valence-corrected chi connectivity index (χ1v) is 5.32. The van der Waals surface area contributed by atoms with Crippen LogP contribution in [0.2, 0.25) is 5.02 Å². The van der Waals surface area contributed by atoms with Crippen LogP contribution in [0, 0.1) is 11.3 Å². The van der Waals surface area contributed by atoms with Gasteiger partial charge in [0.15, 0.2) is 0 Å². The van der Waals surface area contributed by atoms with E-state index in [0.717, 1.165) is 0 Å². The minimum absolute atomic E-state index is 0.0915. The number of hydrogen-bond donors (Lipinski definition) is 1. The first-order chi connectivity index (χ1) is 8.13. The van der Waals surface area contributed by atoms with E-state index in [1.165, 1.54) is 12.1 Å². The molecule has 1 aromatic rings. The summed E-state index contributed by atoms with van der Waals surface area (Å²) in [6, 6.07) is 6.41. The number of halogens is 3. The maximum absolute atomic E-state index is 12.1. The van der Waals surface area contributed by atoms with Crippen molar-refractivity contribution >= 4 is 11.6 Å². The van der Waals surface area contributed by atoms with Gasteiger partial charge in [0.05, 0.1) is 6.07 Å². The fourth-order valence-electron chi connectivity index (χ4n) is 1.26. The molecule has 0 atom stereocenters. The summed E-state index contributed by atoms with van der Waals surface area (Å²) in [7, 11) is 0. The van der Waals surface area contributed by atoms with Gasteiger partial charge in [-0.3, -0.25) is 0 Å². The standard InChI is InChI=1S/C11H11ClF2N2O/c12-9-2-3-10(17-11(13)14)8(6-9)7-16-5-1-4-15/h2-3,6,11,16H,1,5,7H2. The van der Waals surface area contributed by atoms with Gasteiger partial charge in [0.1, 0.15) is 5.75 Å². The van der Waals surface area contributed by atoms with Crippen LogP contribution in [0.5, 0.6) is 5.75 Å². The van der Waals surface area contributed by atoms with Crippen LogP contribution in [0.3, 0.4) is 0 Å². The second-order valence-electron chi connectivity index (χ2n) is 3.22. The Labute approximate surface area is 103 Å². The quantitative estimate of drug-likeness (QED) is 0.800. The Morgan fingerprint density at radius 1 is 1.47 bits per heavy atom. The van der Waals surface area contributed by atoms with Crippen LogP contribution in [0.15, 0.2) is 18.2 Å². The second kappa shape index (κ2) is 7.05. The zero-order valence-corrected chi connectivity index (χ0v) is 9.68. The molecule has 0 aromatic heterocycles. The summed E-state index contributed by atoms with van der Waals surface area (Å²) in [6.45, 7) is -2.06. The van der Waals surface area contributed by atoms with E-state index in [9.17, 15) is 8.78 Å². The highest BCUT2D eigenvalue weighted by atomic mass is 35.5. The Kier molecular flexibility index (Phi) is 5.67. The molecule has 1 N–H and O–H groups in total. The third-order valence-corrected chi connectivity index (χ3v) is 2.20. The van der Waals surface area contributed by atoms with Gasteiger partial charge in [-0.05, 0) is 18.2 Å². The molecule has 92 valence electrons. The van der Waals surface area contributed by atoms with Crippen LogP contribution in [-0.2, 0) is 6.54 Å². The van der Waals surface area contributed by atoms with Crippen molar-refractivity contribution in [3.05, 3.63) is 28.8 Å². The first kappa shape index (κ1) is 13.7. The van der Waals surface area contributed by atoms with Crippen molar-refractivity contribution in [2.75, 3.05) is 6.54 Å². The van der Waals surface area contributed by atoms with Crippen LogP contribution < -0.4 is 10.1 Å². The summed E-state index contributed by atoms with van der Waals surface area (Å²) >= 11 is 5.77. The Morgan fingerprint density at radius 3 is 2.88 bits per heavy atom. The molecule has 0 unspecified atom stereocenters. The van der Waals surface area contributed by atoms with E-state index in [-0.39, 0.29) is 5.75 Å².